The Morgan fingerprint density at radius 3 is 2.75 bits per heavy atom. The first-order valence-electron chi connectivity index (χ1n) is 3.94. The highest BCUT2D eigenvalue weighted by atomic mass is 14.6. The van der Waals surface area contributed by atoms with Crippen molar-refractivity contribution < 1.29 is 0 Å². The van der Waals surface area contributed by atoms with Crippen LogP contribution in [0.4, 0.5) is 0 Å². The lowest BCUT2D eigenvalue weighted by Crippen LogP contribution is -1.89. The van der Waals surface area contributed by atoms with Crippen molar-refractivity contribution in [1.29, 1.82) is 0 Å². The summed E-state index contributed by atoms with van der Waals surface area (Å²) in [5, 5.41) is 0. The lowest BCUT2D eigenvalue weighted by atomic mass is 10.0. The number of hydrogen-bond donors (Lipinski definition) is 0. The minimum Gasteiger partial charge on any atom is -0.296 e. The highest BCUT2D eigenvalue weighted by Gasteiger charge is 1.97. The molecule has 0 saturated carbocycles. The third kappa shape index (κ3) is 1.62. The first kappa shape index (κ1) is 8.72. The second kappa shape index (κ2) is 3.86. The molecule has 62 valence electrons. The van der Waals surface area contributed by atoms with E-state index in [9.17, 15) is 0 Å². The monoisotopic (exact) mass is 159 g/mol. The van der Waals surface area contributed by atoms with Crippen molar-refractivity contribution in [1.82, 2.24) is 0 Å². The maximum absolute atomic E-state index is 3.98. The van der Waals surface area contributed by atoms with Crippen LogP contribution < -0.4 is 0 Å². The molecule has 1 heteroatoms. The van der Waals surface area contributed by atoms with Crippen LogP contribution in [-0.4, -0.2) is 13.3 Å². The summed E-state index contributed by atoms with van der Waals surface area (Å²) in [5.41, 5.74) is 3.54. The molecule has 0 aromatic heterocycles. The van der Waals surface area contributed by atoms with E-state index in [0.717, 1.165) is 5.56 Å². The second-order valence-electron chi connectivity index (χ2n) is 2.67. The Morgan fingerprint density at radius 2 is 2.17 bits per heavy atom. The first-order chi connectivity index (χ1) is 5.79. The van der Waals surface area contributed by atoms with Gasteiger partial charge in [-0.2, -0.15) is 0 Å². The van der Waals surface area contributed by atoms with Gasteiger partial charge in [0.1, 0.15) is 0 Å². The van der Waals surface area contributed by atoms with Gasteiger partial charge in [-0.25, -0.2) is 0 Å². The van der Waals surface area contributed by atoms with Crippen LogP contribution in [0.2, 0.25) is 0 Å². The van der Waals surface area contributed by atoms with Gasteiger partial charge in [-0.1, -0.05) is 30.9 Å². The minimum absolute atomic E-state index is 1.13. The van der Waals surface area contributed by atoms with Crippen LogP contribution in [0, 0.1) is 6.92 Å². The van der Waals surface area contributed by atoms with E-state index in [1.807, 2.05) is 24.4 Å². The van der Waals surface area contributed by atoms with Crippen molar-refractivity contribution in [2.75, 3.05) is 7.05 Å². The van der Waals surface area contributed by atoms with Crippen LogP contribution in [0.5, 0.6) is 0 Å². The zero-order valence-electron chi connectivity index (χ0n) is 7.54. The topological polar surface area (TPSA) is 12.4 Å². The molecule has 0 bridgehead atoms. The van der Waals surface area contributed by atoms with Gasteiger partial charge in [0, 0.05) is 13.3 Å². The molecule has 0 radical (unpaired) electrons. The fourth-order valence-corrected chi connectivity index (χ4v) is 1.23. The van der Waals surface area contributed by atoms with E-state index in [4.69, 9.17) is 0 Å². The molecular weight excluding hydrogens is 146 g/mol. The smallest absolute Gasteiger partial charge is 0.0287 e. The number of hydrogen-bond acceptors (Lipinski definition) is 1. The normalized spacial score (nSPS) is 10.5. The van der Waals surface area contributed by atoms with Gasteiger partial charge >= 0.3 is 0 Å². The largest absolute Gasteiger partial charge is 0.296 e. The Balaban J connectivity index is 3.27. The van der Waals surface area contributed by atoms with Gasteiger partial charge in [0.2, 0.25) is 0 Å². The Labute approximate surface area is 73.5 Å². The molecule has 0 spiro atoms. The number of rotatable bonds is 2. The molecule has 0 N–H and O–H groups in total. The molecular formula is C11H13N. The highest BCUT2D eigenvalue weighted by molar-refractivity contribution is 5.86. The number of nitrogens with zero attached hydrogens (tertiary/aromatic N) is 1. The third-order valence-electron chi connectivity index (χ3n) is 1.83. The molecule has 0 unspecified atom stereocenters. The summed E-state index contributed by atoms with van der Waals surface area (Å²) >= 11 is 0. The fraction of sp³-hybridized carbons (Fsp3) is 0.182. The molecule has 12 heavy (non-hydrogen) atoms. The van der Waals surface area contributed by atoms with Gasteiger partial charge in [0.25, 0.3) is 0 Å². The van der Waals surface area contributed by atoms with Gasteiger partial charge < -0.3 is 0 Å². The molecule has 1 aromatic carbocycles. The number of benzene rings is 1. The van der Waals surface area contributed by atoms with Gasteiger partial charge in [0.05, 0.1) is 0 Å². The SMILES string of the molecule is C=Cc1c(C)cccc1C=NC. The fourth-order valence-electron chi connectivity index (χ4n) is 1.23. The highest BCUT2D eigenvalue weighted by Crippen LogP contribution is 2.13. The summed E-state index contributed by atoms with van der Waals surface area (Å²) in [7, 11) is 1.77. The Morgan fingerprint density at radius 1 is 1.42 bits per heavy atom. The van der Waals surface area contributed by atoms with E-state index in [1.54, 1.807) is 7.05 Å². The van der Waals surface area contributed by atoms with E-state index in [2.05, 4.69) is 24.6 Å². The maximum Gasteiger partial charge on any atom is 0.0287 e. The van der Waals surface area contributed by atoms with E-state index in [0.29, 0.717) is 0 Å². The molecule has 1 aromatic rings. The summed E-state index contributed by atoms with van der Waals surface area (Å²) in [4.78, 5) is 3.98. The quantitative estimate of drug-likeness (QED) is 0.588. The zero-order chi connectivity index (χ0) is 8.97. The van der Waals surface area contributed by atoms with E-state index in [-0.39, 0.29) is 0 Å². The molecule has 0 aliphatic rings. The van der Waals surface area contributed by atoms with Gasteiger partial charge in [-0.15, -0.1) is 0 Å². The maximum atomic E-state index is 3.98. The molecule has 0 heterocycles. The van der Waals surface area contributed by atoms with Crippen LogP contribution in [0.3, 0.4) is 0 Å². The average molecular weight is 159 g/mol. The zero-order valence-corrected chi connectivity index (χ0v) is 7.54. The van der Waals surface area contributed by atoms with Gasteiger partial charge in [-0.3, -0.25) is 4.99 Å². The molecule has 0 atom stereocenters. The third-order valence-corrected chi connectivity index (χ3v) is 1.83. The van der Waals surface area contributed by atoms with Crippen molar-refractivity contribution in [3.63, 3.8) is 0 Å². The van der Waals surface area contributed by atoms with Crippen molar-refractivity contribution in [2.24, 2.45) is 4.99 Å². The van der Waals surface area contributed by atoms with Gasteiger partial charge in [0.15, 0.2) is 0 Å². The Bertz CT molecular complexity index is 311. The van der Waals surface area contributed by atoms with Gasteiger partial charge in [-0.05, 0) is 23.6 Å². The van der Waals surface area contributed by atoms with Crippen molar-refractivity contribution >= 4 is 12.3 Å². The predicted molar refractivity (Wildman–Crippen MR) is 54.8 cm³/mol. The predicted octanol–water partition coefficient (Wildman–Crippen LogP) is 2.69. The molecule has 0 saturated heterocycles. The van der Waals surface area contributed by atoms with E-state index < -0.39 is 0 Å². The summed E-state index contributed by atoms with van der Waals surface area (Å²) in [6, 6.07) is 6.14. The summed E-state index contributed by atoms with van der Waals surface area (Å²) in [6.45, 7) is 5.85. The Hall–Kier alpha value is -1.37. The molecule has 1 rings (SSSR count). The average Bonchev–Trinajstić information content (AvgIpc) is 2.05. The molecule has 0 aliphatic heterocycles. The summed E-state index contributed by atoms with van der Waals surface area (Å²) < 4.78 is 0. The van der Waals surface area contributed by atoms with Crippen molar-refractivity contribution in [3.05, 3.63) is 41.5 Å². The molecule has 0 aliphatic carbocycles. The molecule has 0 amide bonds. The van der Waals surface area contributed by atoms with Crippen LogP contribution in [0.1, 0.15) is 16.7 Å². The number of aliphatic imine (C=N–C) groups is 1. The van der Waals surface area contributed by atoms with Crippen LogP contribution in [-0.2, 0) is 0 Å². The van der Waals surface area contributed by atoms with Crippen LogP contribution in [0.15, 0.2) is 29.8 Å². The van der Waals surface area contributed by atoms with Crippen LogP contribution in [0.25, 0.3) is 6.08 Å². The Kier molecular flexibility index (Phi) is 2.81. The standard InChI is InChI=1S/C11H13N/c1-4-11-9(2)6-5-7-10(11)8-12-3/h4-8H,1H2,2-3H3. The first-order valence-corrected chi connectivity index (χ1v) is 3.94. The molecule has 0 fully saturated rings. The van der Waals surface area contributed by atoms with Crippen LogP contribution >= 0.6 is 0 Å². The number of aryl methyl sites for hydroxylation is 1. The van der Waals surface area contributed by atoms with E-state index in [1.165, 1.54) is 11.1 Å². The molecule has 1 nitrogen and oxygen atoms in total. The lowest BCUT2D eigenvalue weighted by molar-refractivity contribution is 1.41. The summed E-state index contributed by atoms with van der Waals surface area (Å²) in [5.74, 6) is 0. The lowest BCUT2D eigenvalue weighted by Gasteiger charge is -2.03. The van der Waals surface area contributed by atoms with Crippen molar-refractivity contribution in [3.8, 4) is 0 Å². The summed E-state index contributed by atoms with van der Waals surface area (Å²) in [6.07, 6.45) is 3.72. The van der Waals surface area contributed by atoms with Crippen molar-refractivity contribution in [2.45, 2.75) is 6.92 Å². The van der Waals surface area contributed by atoms with E-state index >= 15 is 0 Å². The minimum atomic E-state index is 1.13. The second-order valence-corrected chi connectivity index (χ2v) is 2.67.